The minimum absolute atomic E-state index is 0.149. The quantitative estimate of drug-likeness (QED) is 0.217. The smallest absolute Gasteiger partial charge is 0.255 e. The van der Waals surface area contributed by atoms with Crippen molar-refractivity contribution in [1.29, 1.82) is 0 Å². The Morgan fingerprint density at radius 1 is 0.789 bits per heavy atom. The zero-order valence-electron chi connectivity index (χ0n) is 20.6. The van der Waals surface area contributed by atoms with Gasteiger partial charge in [0.1, 0.15) is 11.2 Å². The van der Waals surface area contributed by atoms with Crippen LogP contribution in [0.3, 0.4) is 0 Å². The second-order valence-electron chi connectivity index (χ2n) is 9.10. The Hall–Kier alpha value is -4.94. The topological polar surface area (TPSA) is 93.2 Å². The van der Waals surface area contributed by atoms with Gasteiger partial charge in [0, 0.05) is 45.2 Å². The number of aromatic nitrogens is 1. The van der Waals surface area contributed by atoms with Crippen molar-refractivity contribution in [2.24, 2.45) is 5.73 Å². The van der Waals surface area contributed by atoms with E-state index in [9.17, 15) is 4.79 Å². The summed E-state index contributed by atoms with van der Waals surface area (Å²) in [6.45, 7) is 0.587. The number of carbonyl (C=O) groups is 1. The van der Waals surface area contributed by atoms with Gasteiger partial charge in [0.2, 0.25) is 0 Å². The van der Waals surface area contributed by atoms with Crippen molar-refractivity contribution in [3.63, 3.8) is 0 Å². The summed E-state index contributed by atoms with van der Waals surface area (Å²) in [7, 11) is 0. The summed E-state index contributed by atoms with van der Waals surface area (Å²) in [6, 6.07) is 33.2. The van der Waals surface area contributed by atoms with Crippen LogP contribution >= 0.6 is 0 Å². The van der Waals surface area contributed by atoms with Crippen molar-refractivity contribution < 1.29 is 9.21 Å². The Labute approximate surface area is 220 Å². The van der Waals surface area contributed by atoms with E-state index in [4.69, 9.17) is 10.2 Å². The van der Waals surface area contributed by atoms with E-state index in [1.807, 2.05) is 91.0 Å². The molecule has 0 radical (unpaired) electrons. The maximum Gasteiger partial charge on any atom is 0.255 e. The van der Waals surface area contributed by atoms with Gasteiger partial charge in [0.25, 0.3) is 5.91 Å². The maximum absolute atomic E-state index is 12.6. The lowest BCUT2D eigenvalue weighted by atomic mass is 10.1. The molecule has 6 aromatic rings. The number of nitrogens with one attached hydrogen (secondary N) is 2. The molecule has 0 bridgehead atoms. The van der Waals surface area contributed by atoms with Crippen molar-refractivity contribution in [2.75, 3.05) is 17.2 Å². The summed E-state index contributed by atoms with van der Waals surface area (Å²) in [5, 5.41) is 8.54. The van der Waals surface area contributed by atoms with E-state index in [1.165, 1.54) is 0 Å². The number of rotatable bonds is 7. The molecule has 6 heteroatoms. The molecule has 6 nitrogen and oxygen atoms in total. The van der Waals surface area contributed by atoms with Crippen molar-refractivity contribution in [3.8, 4) is 11.3 Å². The highest BCUT2D eigenvalue weighted by Gasteiger charge is 2.13. The summed E-state index contributed by atoms with van der Waals surface area (Å²) < 4.78 is 6.19. The molecule has 1 amide bonds. The van der Waals surface area contributed by atoms with Crippen LogP contribution in [-0.4, -0.2) is 17.4 Å². The van der Waals surface area contributed by atoms with Crippen LogP contribution in [0.15, 0.2) is 114 Å². The van der Waals surface area contributed by atoms with Gasteiger partial charge in [0.15, 0.2) is 0 Å². The number of carbonyl (C=O) groups excluding carboxylic acids is 1. The molecule has 2 heterocycles. The number of hydrogen-bond donors (Lipinski definition) is 3. The second kappa shape index (κ2) is 10.2. The lowest BCUT2D eigenvalue weighted by Crippen LogP contribution is -2.12. The minimum atomic E-state index is -0.149. The zero-order valence-corrected chi connectivity index (χ0v) is 20.6. The van der Waals surface area contributed by atoms with Crippen LogP contribution in [0, 0.1) is 0 Å². The summed E-state index contributed by atoms with van der Waals surface area (Å²) in [5.74, 6) is -0.149. The van der Waals surface area contributed by atoms with Crippen LogP contribution < -0.4 is 16.4 Å². The Morgan fingerprint density at radius 2 is 1.55 bits per heavy atom. The van der Waals surface area contributed by atoms with E-state index >= 15 is 0 Å². The highest BCUT2D eigenvalue weighted by atomic mass is 16.3. The first kappa shape index (κ1) is 23.5. The van der Waals surface area contributed by atoms with Crippen molar-refractivity contribution in [1.82, 2.24) is 4.98 Å². The lowest BCUT2D eigenvalue weighted by molar-refractivity contribution is 0.102. The van der Waals surface area contributed by atoms with E-state index in [2.05, 4.69) is 27.8 Å². The third-order valence-electron chi connectivity index (χ3n) is 6.52. The van der Waals surface area contributed by atoms with Gasteiger partial charge < -0.3 is 20.8 Å². The van der Waals surface area contributed by atoms with Gasteiger partial charge in [0.05, 0.1) is 5.69 Å². The van der Waals surface area contributed by atoms with E-state index in [0.29, 0.717) is 12.1 Å². The van der Waals surface area contributed by atoms with E-state index in [1.54, 1.807) is 6.20 Å². The van der Waals surface area contributed by atoms with Gasteiger partial charge in [-0.3, -0.25) is 9.78 Å². The number of para-hydroxylation sites is 2. The highest BCUT2D eigenvalue weighted by molar-refractivity contribution is 6.09. The number of anilines is 3. The molecule has 4 N–H and O–H groups in total. The number of nitrogens with two attached hydrogens (primary N) is 1. The average Bonchev–Trinajstić information content (AvgIpc) is 3.34. The number of amides is 1. The number of hydrogen-bond acceptors (Lipinski definition) is 5. The Morgan fingerprint density at radius 3 is 2.37 bits per heavy atom. The van der Waals surface area contributed by atoms with Gasteiger partial charge in [-0.05, 0) is 79.2 Å². The lowest BCUT2D eigenvalue weighted by Gasteiger charge is -2.10. The fourth-order valence-corrected chi connectivity index (χ4v) is 4.60. The van der Waals surface area contributed by atoms with Crippen LogP contribution in [0.1, 0.15) is 15.9 Å². The fraction of sp³-hybridized carbons (Fsp3) is 0.0625. The fourth-order valence-electron chi connectivity index (χ4n) is 4.60. The van der Waals surface area contributed by atoms with Crippen LogP contribution in [0.5, 0.6) is 0 Å². The largest absolute Gasteiger partial charge is 0.455 e. The molecule has 0 saturated heterocycles. The van der Waals surface area contributed by atoms with Crippen LogP contribution in [0.4, 0.5) is 17.1 Å². The number of benzene rings is 4. The molecule has 186 valence electrons. The third kappa shape index (κ3) is 4.73. The molecule has 4 aromatic carbocycles. The molecule has 38 heavy (non-hydrogen) atoms. The molecule has 6 rings (SSSR count). The molecule has 0 unspecified atom stereocenters. The Kier molecular flexibility index (Phi) is 6.30. The molecule has 0 aliphatic rings. The number of nitrogens with zero attached hydrogens (tertiary/aromatic N) is 1. The molecule has 0 aliphatic carbocycles. The predicted octanol–water partition coefficient (Wildman–Crippen LogP) is 7.15. The Bertz CT molecular complexity index is 1740. The Balaban J connectivity index is 1.18. The first-order chi connectivity index (χ1) is 18.7. The average molecular weight is 499 g/mol. The minimum Gasteiger partial charge on any atom is -0.455 e. The normalized spacial score (nSPS) is 11.1. The zero-order chi connectivity index (χ0) is 25.9. The van der Waals surface area contributed by atoms with Crippen molar-refractivity contribution in [3.05, 3.63) is 120 Å². The highest BCUT2D eigenvalue weighted by Crippen LogP contribution is 2.35. The monoisotopic (exact) mass is 498 g/mol. The van der Waals surface area contributed by atoms with E-state index in [-0.39, 0.29) is 5.91 Å². The van der Waals surface area contributed by atoms with Gasteiger partial charge in [-0.1, -0.05) is 42.5 Å². The van der Waals surface area contributed by atoms with Gasteiger partial charge in [-0.15, -0.1) is 0 Å². The number of fused-ring (bicyclic) bond motifs is 3. The molecule has 2 aromatic heterocycles. The van der Waals surface area contributed by atoms with Crippen LogP contribution in [0.2, 0.25) is 0 Å². The molecule has 0 atom stereocenters. The molecular weight excluding hydrogens is 472 g/mol. The molecule has 0 fully saturated rings. The first-order valence-corrected chi connectivity index (χ1v) is 12.5. The van der Waals surface area contributed by atoms with E-state index in [0.717, 1.165) is 62.2 Å². The summed E-state index contributed by atoms with van der Waals surface area (Å²) >= 11 is 0. The standard InChI is InChI=1S/C32H26N4O2/c33-18-16-21-8-10-22(11-9-21)32(37)36-24-14-12-23(13-15-24)35-25-17-19-34-29(20-25)28-6-3-5-27-26-4-1-2-7-30(26)38-31(27)28/h1-15,17,19-20H,16,18,33H2,(H,34,35)(H,36,37). The second-order valence-corrected chi connectivity index (χ2v) is 9.10. The van der Waals surface area contributed by atoms with Crippen LogP contribution in [0.25, 0.3) is 33.2 Å². The SMILES string of the molecule is NCCc1ccc(C(=O)Nc2ccc(Nc3ccnc(-c4cccc5c4oc4ccccc45)c3)cc2)cc1. The summed E-state index contributed by atoms with van der Waals surface area (Å²) in [5.41, 5.74) is 13.3. The van der Waals surface area contributed by atoms with E-state index < -0.39 is 0 Å². The summed E-state index contributed by atoms with van der Waals surface area (Å²) in [4.78, 5) is 17.2. The van der Waals surface area contributed by atoms with Gasteiger partial charge in [-0.2, -0.15) is 0 Å². The van der Waals surface area contributed by atoms with Crippen molar-refractivity contribution in [2.45, 2.75) is 6.42 Å². The summed E-state index contributed by atoms with van der Waals surface area (Å²) in [6.07, 6.45) is 2.58. The maximum atomic E-state index is 12.6. The third-order valence-corrected chi connectivity index (χ3v) is 6.52. The van der Waals surface area contributed by atoms with Crippen LogP contribution in [-0.2, 0) is 6.42 Å². The van der Waals surface area contributed by atoms with Crippen molar-refractivity contribution >= 4 is 44.9 Å². The number of pyridine rings is 1. The predicted molar refractivity (Wildman–Crippen MR) is 154 cm³/mol. The molecule has 0 spiro atoms. The van der Waals surface area contributed by atoms with Gasteiger partial charge in [-0.25, -0.2) is 0 Å². The number of furan rings is 1. The molecule has 0 aliphatic heterocycles. The van der Waals surface area contributed by atoms with Gasteiger partial charge >= 0.3 is 0 Å². The first-order valence-electron chi connectivity index (χ1n) is 12.5. The molecular formula is C32H26N4O2. The molecule has 0 saturated carbocycles.